The van der Waals surface area contributed by atoms with Gasteiger partial charge in [-0.1, -0.05) is 52.6 Å². The molecule has 0 saturated carbocycles. The molecule has 1 nitrogen and oxygen atoms in total. The summed E-state index contributed by atoms with van der Waals surface area (Å²) in [5, 5.41) is 0.933. The van der Waals surface area contributed by atoms with E-state index in [2.05, 4.69) is 84.5 Å². The van der Waals surface area contributed by atoms with Crippen LogP contribution in [0.2, 0.25) is 0 Å². The van der Waals surface area contributed by atoms with Crippen molar-refractivity contribution in [2.75, 3.05) is 11.9 Å². The first kappa shape index (κ1) is 17.0. The van der Waals surface area contributed by atoms with Gasteiger partial charge in [0.25, 0.3) is 0 Å². The van der Waals surface area contributed by atoms with Crippen LogP contribution in [-0.4, -0.2) is 11.9 Å². The third-order valence-electron chi connectivity index (χ3n) is 2.80. The first-order valence-electron chi connectivity index (χ1n) is 5.59. The molecule has 5 heteroatoms. The second-order valence-corrected chi connectivity index (χ2v) is 8.50. The molecule has 102 valence electrons. The van der Waals surface area contributed by atoms with Gasteiger partial charge in [-0.3, -0.25) is 0 Å². The third-order valence-corrected chi connectivity index (χ3v) is 5.22. The van der Waals surface area contributed by atoms with Gasteiger partial charge < -0.3 is 4.74 Å². The van der Waals surface area contributed by atoms with E-state index in [1.165, 1.54) is 0 Å². The van der Waals surface area contributed by atoms with Crippen molar-refractivity contribution in [3.8, 4) is 5.75 Å². The van der Waals surface area contributed by atoms with Gasteiger partial charge in [-0.25, -0.2) is 0 Å². The van der Waals surface area contributed by atoms with Crippen molar-refractivity contribution in [1.29, 1.82) is 0 Å². The van der Waals surface area contributed by atoms with Crippen LogP contribution >= 0.6 is 63.7 Å². The van der Waals surface area contributed by atoms with Crippen LogP contribution in [0.25, 0.3) is 0 Å². The summed E-state index contributed by atoms with van der Waals surface area (Å²) in [7, 11) is 0. The Hall–Kier alpha value is 0.940. The maximum absolute atomic E-state index is 5.96. The molecule has 1 unspecified atom stereocenters. The number of alkyl halides is 1. The van der Waals surface area contributed by atoms with Crippen LogP contribution in [0.15, 0.2) is 25.6 Å². The lowest BCUT2D eigenvalue weighted by molar-refractivity contribution is 0.164. The molecule has 0 spiro atoms. The van der Waals surface area contributed by atoms with E-state index >= 15 is 0 Å². The highest BCUT2D eigenvalue weighted by atomic mass is 79.9. The van der Waals surface area contributed by atoms with E-state index in [0.717, 1.165) is 24.5 Å². The van der Waals surface area contributed by atoms with Crippen molar-refractivity contribution in [2.24, 2.45) is 11.3 Å². The van der Waals surface area contributed by atoms with E-state index in [1.54, 1.807) is 0 Å². The van der Waals surface area contributed by atoms with E-state index in [-0.39, 0.29) is 5.41 Å². The second-order valence-electron chi connectivity index (χ2n) is 5.23. The zero-order valence-corrected chi connectivity index (χ0v) is 16.9. The van der Waals surface area contributed by atoms with Crippen LogP contribution in [0.4, 0.5) is 0 Å². The lowest BCUT2D eigenvalue weighted by Crippen LogP contribution is -2.28. The highest BCUT2D eigenvalue weighted by Gasteiger charge is 2.24. The lowest BCUT2D eigenvalue weighted by Gasteiger charge is -2.29. The highest BCUT2D eigenvalue weighted by Crippen LogP contribution is 2.37. The molecule has 1 rings (SSSR count). The van der Waals surface area contributed by atoms with Crippen LogP contribution in [0.5, 0.6) is 5.75 Å². The average molecular weight is 508 g/mol. The van der Waals surface area contributed by atoms with Gasteiger partial charge in [0.05, 0.1) is 15.6 Å². The molecule has 0 fully saturated rings. The minimum atomic E-state index is 0.220. The predicted octanol–water partition coefficient (Wildman–Crippen LogP) is 6.41. The highest BCUT2D eigenvalue weighted by molar-refractivity contribution is 9.11. The maximum Gasteiger partial charge on any atom is 0.147 e. The van der Waals surface area contributed by atoms with Gasteiger partial charge in [0.1, 0.15) is 5.75 Å². The Balaban J connectivity index is 2.80. The Morgan fingerprint density at radius 2 is 1.61 bits per heavy atom. The molecule has 0 amide bonds. The quantitative estimate of drug-likeness (QED) is 0.428. The SMILES string of the molecule is CC(C)(C)C(CBr)COc1c(Br)cc(Br)cc1Br. The summed E-state index contributed by atoms with van der Waals surface area (Å²) in [5.41, 5.74) is 0.220. The van der Waals surface area contributed by atoms with Gasteiger partial charge in [-0.2, -0.15) is 0 Å². The van der Waals surface area contributed by atoms with Gasteiger partial charge in [0, 0.05) is 15.7 Å². The van der Waals surface area contributed by atoms with Gasteiger partial charge in [-0.15, -0.1) is 0 Å². The average Bonchev–Trinajstić information content (AvgIpc) is 2.19. The van der Waals surface area contributed by atoms with Crippen molar-refractivity contribution in [1.82, 2.24) is 0 Å². The smallest absolute Gasteiger partial charge is 0.147 e. The number of hydrogen-bond acceptors (Lipinski definition) is 1. The summed E-state index contributed by atoms with van der Waals surface area (Å²) in [4.78, 5) is 0. The predicted molar refractivity (Wildman–Crippen MR) is 91.8 cm³/mol. The molecule has 0 bridgehead atoms. The second kappa shape index (κ2) is 7.09. The zero-order chi connectivity index (χ0) is 13.9. The first-order chi connectivity index (χ1) is 8.25. The van der Waals surface area contributed by atoms with Crippen molar-refractivity contribution in [3.63, 3.8) is 0 Å². The van der Waals surface area contributed by atoms with Gasteiger partial charge in [0.15, 0.2) is 0 Å². The molecule has 0 radical (unpaired) electrons. The van der Waals surface area contributed by atoms with Crippen LogP contribution in [0.1, 0.15) is 20.8 Å². The summed E-state index contributed by atoms with van der Waals surface area (Å²) in [6.45, 7) is 7.38. The van der Waals surface area contributed by atoms with Crippen molar-refractivity contribution in [2.45, 2.75) is 20.8 Å². The molecule has 0 aliphatic rings. The molecule has 0 heterocycles. The molecule has 18 heavy (non-hydrogen) atoms. The molecule has 0 N–H and O–H groups in total. The minimum Gasteiger partial charge on any atom is -0.491 e. The van der Waals surface area contributed by atoms with E-state index in [9.17, 15) is 0 Å². The van der Waals surface area contributed by atoms with E-state index in [0.29, 0.717) is 12.5 Å². The van der Waals surface area contributed by atoms with E-state index in [4.69, 9.17) is 4.74 Å². The molecule has 0 aliphatic heterocycles. The van der Waals surface area contributed by atoms with Crippen LogP contribution in [0, 0.1) is 11.3 Å². The fraction of sp³-hybridized carbons (Fsp3) is 0.538. The minimum absolute atomic E-state index is 0.220. The molecular weight excluding hydrogens is 492 g/mol. The lowest BCUT2D eigenvalue weighted by atomic mass is 9.83. The largest absolute Gasteiger partial charge is 0.491 e. The first-order valence-corrected chi connectivity index (χ1v) is 9.09. The number of rotatable bonds is 4. The monoisotopic (exact) mass is 504 g/mol. The molecule has 1 aromatic rings. The number of halogens is 4. The number of ether oxygens (including phenoxy) is 1. The summed E-state index contributed by atoms with van der Waals surface area (Å²) in [6.07, 6.45) is 0. The normalized spacial score (nSPS) is 13.5. The van der Waals surface area contributed by atoms with Crippen LogP contribution < -0.4 is 4.74 Å². The Morgan fingerprint density at radius 1 is 1.11 bits per heavy atom. The van der Waals surface area contributed by atoms with Crippen molar-refractivity contribution < 1.29 is 4.74 Å². The van der Waals surface area contributed by atoms with E-state index in [1.807, 2.05) is 12.1 Å². The fourth-order valence-electron chi connectivity index (χ4n) is 1.38. The molecule has 1 aromatic carbocycles. The Kier molecular flexibility index (Phi) is 6.70. The maximum atomic E-state index is 5.96. The topological polar surface area (TPSA) is 9.23 Å². The summed E-state index contributed by atoms with van der Waals surface area (Å²) in [5.74, 6) is 1.31. The van der Waals surface area contributed by atoms with Crippen LogP contribution in [0.3, 0.4) is 0 Å². The van der Waals surface area contributed by atoms with Gasteiger partial charge in [0.2, 0.25) is 0 Å². The fourth-order valence-corrected chi connectivity index (χ4v) is 5.02. The standard InChI is InChI=1S/C13H16Br4O/c1-13(2,3)8(6-14)7-18-12-10(16)4-9(15)5-11(12)17/h4-5,8H,6-7H2,1-3H3. The Labute approximate surface area is 143 Å². The molecule has 0 aromatic heterocycles. The van der Waals surface area contributed by atoms with Gasteiger partial charge >= 0.3 is 0 Å². The number of hydrogen-bond donors (Lipinski definition) is 0. The molecule has 0 saturated heterocycles. The summed E-state index contributed by atoms with van der Waals surface area (Å²) < 4.78 is 8.87. The van der Waals surface area contributed by atoms with Crippen LogP contribution in [-0.2, 0) is 0 Å². The van der Waals surface area contributed by atoms with Gasteiger partial charge in [-0.05, 0) is 49.4 Å². The summed E-state index contributed by atoms with van der Waals surface area (Å²) in [6, 6.07) is 3.97. The molecular formula is C13H16Br4O. The molecule has 1 atom stereocenters. The number of benzene rings is 1. The third kappa shape index (κ3) is 4.80. The van der Waals surface area contributed by atoms with E-state index < -0.39 is 0 Å². The van der Waals surface area contributed by atoms with Crippen molar-refractivity contribution in [3.05, 3.63) is 25.6 Å². The molecule has 0 aliphatic carbocycles. The summed E-state index contributed by atoms with van der Waals surface area (Å²) >= 11 is 14.1. The zero-order valence-electron chi connectivity index (χ0n) is 10.6. The van der Waals surface area contributed by atoms with Crippen molar-refractivity contribution >= 4 is 63.7 Å². The Bertz CT molecular complexity index is 389. The Morgan fingerprint density at radius 3 is 2.00 bits per heavy atom.